The van der Waals surface area contributed by atoms with Gasteiger partial charge in [-0.05, 0) is 43.3 Å². The standard InChI is InChI=1S/C19H23NO5S/c1-15(21)19(24-17-5-3-2-4-6-17)25-18-9-7-16(8-10-18)20-11-13-26(22,23)14-12-20/h2-10,15,19,21H,11-14H2,1H3. The number of benzene rings is 2. The van der Waals surface area contributed by atoms with E-state index >= 15 is 0 Å². The molecule has 1 aliphatic heterocycles. The quantitative estimate of drug-likeness (QED) is 0.777. The molecule has 1 N–H and O–H groups in total. The number of aliphatic hydroxyl groups is 1. The number of hydrogen-bond acceptors (Lipinski definition) is 6. The molecule has 2 unspecified atom stereocenters. The molecule has 3 rings (SSSR count). The average molecular weight is 377 g/mol. The summed E-state index contributed by atoms with van der Waals surface area (Å²) in [6.07, 6.45) is -1.65. The van der Waals surface area contributed by atoms with Gasteiger partial charge in [-0.2, -0.15) is 0 Å². The zero-order valence-corrected chi connectivity index (χ0v) is 15.4. The van der Waals surface area contributed by atoms with Gasteiger partial charge in [-0.15, -0.1) is 0 Å². The lowest BCUT2D eigenvalue weighted by Gasteiger charge is -2.29. The fourth-order valence-electron chi connectivity index (χ4n) is 2.69. The van der Waals surface area contributed by atoms with Crippen LogP contribution in [0, 0.1) is 0 Å². The first-order valence-corrected chi connectivity index (χ1v) is 10.4. The SMILES string of the molecule is CC(O)C(Oc1ccccc1)Oc1ccc(N2CCS(=O)(=O)CC2)cc1. The Morgan fingerprint density at radius 3 is 2.00 bits per heavy atom. The third kappa shape index (κ3) is 4.89. The fraction of sp³-hybridized carbons (Fsp3) is 0.368. The lowest BCUT2D eigenvalue weighted by molar-refractivity contribution is -0.0777. The van der Waals surface area contributed by atoms with Gasteiger partial charge in [-0.1, -0.05) is 18.2 Å². The van der Waals surface area contributed by atoms with Gasteiger partial charge in [0.1, 0.15) is 17.6 Å². The van der Waals surface area contributed by atoms with Crippen LogP contribution in [-0.2, 0) is 9.84 Å². The zero-order valence-electron chi connectivity index (χ0n) is 14.6. The van der Waals surface area contributed by atoms with Crippen molar-refractivity contribution in [3.63, 3.8) is 0 Å². The van der Waals surface area contributed by atoms with Gasteiger partial charge in [0.15, 0.2) is 9.84 Å². The summed E-state index contributed by atoms with van der Waals surface area (Å²) < 4.78 is 34.5. The van der Waals surface area contributed by atoms with Crippen molar-refractivity contribution < 1.29 is 23.0 Å². The molecule has 1 heterocycles. The lowest BCUT2D eigenvalue weighted by Crippen LogP contribution is -2.40. The second-order valence-electron chi connectivity index (χ2n) is 6.29. The highest BCUT2D eigenvalue weighted by molar-refractivity contribution is 7.91. The van der Waals surface area contributed by atoms with Crippen LogP contribution in [0.15, 0.2) is 54.6 Å². The van der Waals surface area contributed by atoms with Crippen molar-refractivity contribution in [1.82, 2.24) is 0 Å². The second-order valence-corrected chi connectivity index (χ2v) is 8.59. The lowest BCUT2D eigenvalue weighted by atomic mass is 10.2. The van der Waals surface area contributed by atoms with Gasteiger partial charge in [-0.3, -0.25) is 0 Å². The fourth-order valence-corrected chi connectivity index (χ4v) is 3.90. The Hall–Kier alpha value is -2.25. The minimum Gasteiger partial charge on any atom is -0.452 e. The molecule has 1 aliphatic rings. The molecule has 2 aromatic rings. The topological polar surface area (TPSA) is 76.1 Å². The molecule has 0 spiro atoms. The van der Waals surface area contributed by atoms with Crippen LogP contribution in [0.5, 0.6) is 11.5 Å². The maximum absolute atomic E-state index is 11.5. The summed E-state index contributed by atoms with van der Waals surface area (Å²) in [6.45, 7) is 2.60. The van der Waals surface area contributed by atoms with Crippen LogP contribution in [0.4, 0.5) is 5.69 Å². The summed E-state index contributed by atoms with van der Waals surface area (Å²) in [5.41, 5.74) is 0.949. The normalized spacial score (nSPS) is 18.8. The van der Waals surface area contributed by atoms with Gasteiger partial charge in [0, 0.05) is 18.8 Å². The molecule has 0 radical (unpaired) electrons. The Labute approximate surface area is 153 Å². The number of nitrogens with zero attached hydrogens (tertiary/aromatic N) is 1. The molecular formula is C19H23NO5S. The number of para-hydroxylation sites is 1. The van der Waals surface area contributed by atoms with Crippen LogP contribution >= 0.6 is 0 Å². The molecular weight excluding hydrogens is 354 g/mol. The predicted octanol–water partition coefficient (Wildman–Crippen LogP) is 2.09. The summed E-state index contributed by atoms with van der Waals surface area (Å²) >= 11 is 0. The largest absolute Gasteiger partial charge is 0.452 e. The third-order valence-corrected chi connectivity index (χ3v) is 5.80. The number of ether oxygens (including phenoxy) is 2. The van der Waals surface area contributed by atoms with Crippen LogP contribution in [0.3, 0.4) is 0 Å². The summed E-state index contributed by atoms with van der Waals surface area (Å²) in [6, 6.07) is 16.5. The van der Waals surface area contributed by atoms with Crippen molar-refractivity contribution >= 4 is 15.5 Å². The first kappa shape index (κ1) is 18.5. The Bertz CT molecular complexity index is 792. The summed E-state index contributed by atoms with van der Waals surface area (Å²) in [7, 11) is -2.90. The van der Waals surface area contributed by atoms with Crippen LogP contribution in [0.25, 0.3) is 0 Å². The van der Waals surface area contributed by atoms with E-state index in [-0.39, 0.29) is 11.5 Å². The van der Waals surface area contributed by atoms with Gasteiger partial charge in [0.25, 0.3) is 6.29 Å². The Balaban J connectivity index is 1.64. The molecule has 6 nitrogen and oxygen atoms in total. The van der Waals surface area contributed by atoms with Gasteiger partial charge in [0.2, 0.25) is 0 Å². The molecule has 0 aromatic heterocycles. The van der Waals surface area contributed by atoms with Crippen LogP contribution in [0.1, 0.15) is 6.92 Å². The molecule has 2 aromatic carbocycles. The highest BCUT2D eigenvalue weighted by Crippen LogP contribution is 2.23. The van der Waals surface area contributed by atoms with E-state index in [1.807, 2.05) is 35.2 Å². The molecule has 140 valence electrons. The van der Waals surface area contributed by atoms with Crippen molar-refractivity contribution in [2.45, 2.75) is 19.3 Å². The molecule has 0 saturated carbocycles. The maximum atomic E-state index is 11.5. The van der Waals surface area contributed by atoms with Crippen molar-refractivity contribution in [3.8, 4) is 11.5 Å². The molecule has 2 atom stereocenters. The highest BCUT2D eigenvalue weighted by Gasteiger charge is 2.22. The van der Waals surface area contributed by atoms with Crippen molar-refractivity contribution in [2.24, 2.45) is 0 Å². The molecule has 1 saturated heterocycles. The molecule has 0 bridgehead atoms. The molecule has 1 fully saturated rings. The monoisotopic (exact) mass is 377 g/mol. The minimum atomic E-state index is -2.90. The van der Waals surface area contributed by atoms with Gasteiger partial charge >= 0.3 is 0 Å². The molecule has 26 heavy (non-hydrogen) atoms. The Kier molecular flexibility index (Phi) is 5.68. The third-order valence-electron chi connectivity index (χ3n) is 4.19. The smallest absolute Gasteiger partial charge is 0.266 e. The van der Waals surface area contributed by atoms with Gasteiger partial charge in [0.05, 0.1) is 11.5 Å². The van der Waals surface area contributed by atoms with Crippen molar-refractivity contribution in [1.29, 1.82) is 0 Å². The summed E-state index contributed by atoms with van der Waals surface area (Å²) in [5.74, 6) is 1.55. The summed E-state index contributed by atoms with van der Waals surface area (Å²) in [4.78, 5) is 2.04. The summed E-state index contributed by atoms with van der Waals surface area (Å²) in [5, 5.41) is 9.93. The van der Waals surface area contributed by atoms with Crippen molar-refractivity contribution in [2.75, 3.05) is 29.5 Å². The highest BCUT2D eigenvalue weighted by atomic mass is 32.2. The van der Waals surface area contributed by atoms with E-state index in [9.17, 15) is 13.5 Å². The van der Waals surface area contributed by atoms with E-state index in [1.54, 1.807) is 31.2 Å². The number of anilines is 1. The van der Waals surface area contributed by atoms with Gasteiger partial charge in [-0.25, -0.2) is 8.42 Å². The number of aliphatic hydroxyl groups excluding tert-OH is 1. The predicted molar refractivity (Wildman–Crippen MR) is 100 cm³/mol. The first-order valence-electron chi connectivity index (χ1n) is 8.55. The Morgan fingerprint density at radius 2 is 1.46 bits per heavy atom. The van der Waals surface area contributed by atoms with Crippen LogP contribution < -0.4 is 14.4 Å². The molecule has 0 aliphatic carbocycles. The van der Waals surface area contributed by atoms with E-state index < -0.39 is 22.2 Å². The van der Waals surface area contributed by atoms with E-state index in [0.717, 1.165) is 5.69 Å². The van der Waals surface area contributed by atoms with Crippen molar-refractivity contribution in [3.05, 3.63) is 54.6 Å². The zero-order chi connectivity index (χ0) is 18.6. The van der Waals surface area contributed by atoms with Gasteiger partial charge < -0.3 is 19.5 Å². The number of hydrogen-bond donors (Lipinski definition) is 1. The maximum Gasteiger partial charge on any atom is 0.266 e. The Morgan fingerprint density at radius 1 is 0.923 bits per heavy atom. The van der Waals surface area contributed by atoms with Crippen LogP contribution in [0.2, 0.25) is 0 Å². The van der Waals surface area contributed by atoms with E-state index in [0.29, 0.717) is 24.6 Å². The number of sulfone groups is 1. The first-order chi connectivity index (χ1) is 12.4. The molecule has 7 heteroatoms. The second kappa shape index (κ2) is 7.97. The van der Waals surface area contributed by atoms with E-state index in [1.165, 1.54) is 0 Å². The van der Waals surface area contributed by atoms with Crippen LogP contribution in [-0.4, -0.2) is 50.5 Å². The minimum absolute atomic E-state index is 0.181. The average Bonchev–Trinajstić information content (AvgIpc) is 2.63. The molecule has 0 amide bonds. The van der Waals surface area contributed by atoms with E-state index in [4.69, 9.17) is 9.47 Å². The number of rotatable bonds is 6. The van der Waals surface area contributed by atoms with E-state index in [2.05, 4.69) is 0 Å².